The molecular weight excluding hydrogens is 231 g/mol. The minimum Gasteiger partial charge on any atom is -0.397 e. The molecule has 2 aromatic rings. The summed E-state index contributed by atoms with van der Waals surface area (Å²) in [4.78, 5) is 3.77. The lowest BCUT2D eigenvalue weighted by molar-refractivity contribution is 0.449. The summed E-state index contributed by atoms with van der Waals surface area (Å²) in [6.45, 7) is 0. The summed E-state index contributed by atoms with van der Waals surface area (Å²) in [5, 5.41) is 2.56. The Balaban J connectivity index is 2.34. The standard InChI is InChI=1S/C11H8F3N3/c12-8-1-2-9(11(14)10(8)13)17-7-3-6(15)4-16-5-7/h1-5,17H,15H2. The number of nitrogen functional groups attached to an aromatic ring is 1. The van der Waals surface area contributed by atoms with Gasteiger partial charge in [-0.25, -0.2) is 13.2 Å². The SMILES string of the molecule is Nc1cncc(Nc2ccc(F)c(F)c2F)c1. The molecule has 0 saturated heterocycles. The summed E-state index contributed by atoms with van der Waals surface area (Å²) in [5.41, 5.74) is 6.05. The van der Waals surface area contributed by atoms with Crippen molar-refractivity contribution >= 4 is 17.1 Å². The quantitative estimate of drug-likeness (QED) is 0.792. The highest BCUT2D eigenvalue weighted by atomic mass is 19.2. The van der Waals surface area contributed by atoms with Crippen molar-refractivity contribution < 1.29 is 13.2 Å². The third-order valence-corrected chi connectivity index (χ3v) is 2.07. The van der Waals surface area contributed by atoms with E-state index < -0.39 is 17.5 Å². The first-order valence-electron chi connectivity index (χ1n) is 4.69. The summed E-state index contributed by atoms with van der Waals surface area (Å²) in [6.07, 6.45) is 2.80. The first-order valence-corrected chi connectivity index (χ1v) is 4.69. The predicted molar refractivity (Wildman–Crippen MR) is 58.2 cm³/mol. The predicted octanol–water partition coefficient (Wildman–Crippen LogP) is 2.82. The highest BCUT2D eigenvalue weighted by Gasteiger charge is 2.13. The van der Waals surface area contributed by atoms with Crippen LogP contribution in [0.3, 0.4) is 0 Å². The lowest BCUT2D eigenvalue weighted by Crippen LogP contribution is -1.99. The van der Waals surface area contributed by atoms with Crippen LogP contribution in [0, 0.1) is 17.5 Å². The Bertz CT molecular complexity index is 558. The number of rotatable bonds is 2. The van der Waals surface area contributed by atoms with Crippen LogP contribution in [0.4, 0.5) is 30.2 Å². The zero-order valence-electron chi connectivity index (χ0n) is 8.55. The summed E-state index contributed by atoms with van der Waals surface area (Å²) in [7, 11) is 0. The maximum atomic E-state index is 13.3. The van der Waals surface area contributed by atoms with E-state index in [2.05, 4.69) is 10.3 Å². The van der Waals surface area contributed by atoms with E-state index in [4.69, 9.17) is 5.73 Å². The van der Waals surface area contributed by atoms with Gasteiger partial charge >= 0.3 is 0 Å². The summed E-state index contributed by atoms with van der Waals surface area (Å²) < 4.78 is 38.9. The van der Waals surface area contributed by atoms with Gasteiger partial charge in [-0.05, 0) is 18.2 Å². The molecule has 17 heavy (non-hydrogen) atoms. The number of pyridine rings is 1. The van der Waals surface area contributed by atoms with E-state index in [1.54, 1.807) is 0 Å². The Hall–Kier alpha value is -2.24. The van der Waals surface area contributed by atoms with Gasteiger partial charge in [0, 0.05) is 6.20 Å². The van der Waals surface area contributed by atoms with E-state index in [1.165, 1.54) is 18.5 Å². The number of anilines is 3. The van der Waals surface area contributed by atoms with Gasteiger partial charge in [0.05, 0.1) is 23.3 Å². The fraction of sp³-hybridized carbons (Fsp3) is 0. The molecule has 0 bridgehead atoms. The zero-order valence-corrected chi connectivity index (χ0v) is 8.55. The Morgan fingerprint density at radius 2 is 1.82 bits per heavy atom. The molecule has 88 valence electrons. The summed E-state index contributed by atoms with van der Waals surface area (Å²) in [6, 6.07) is 3.42. The molecule has 3 nitrogen and oxygen atoms in total. The van der Waals surface area contributed by atoms with Crippen molar-refractivity contribution in [1.29, 1.82) is 0 Å². The fourth-order valence-electron chi connectivity index (χ4n) is 1.30. The molecule has 0 fully saturated rings. The van der Waals surface area contributed by atoms with Gasteiger partial charge in [-0.15, -0.1) is 0 Å². The zero-order chi connectivity index (χ0) is 12.4. The molecule has 0 aliphatic carbocycles. The Morgan fingerprint density at radius 3 is 2.53 bits per heavy atom. The first-order chi connectivity index (χ1) is 8.08. The Morgan fingerprint density at radius 1 is 1.06 bits per heavy atom. The maximum Gasteiger partial charge on any atom is 0.196 e. The Labute approximate surface area is 95.1 Å². The van der Waals surface area contributed by atoms with E-state index in [1.807, 2.05) is 0 Å². The van der Waals surface area contributed by atoms with Crippen molar-refractivity contribution in [2.24, 2.45) is 0 Å². The summed E-state index contributed by atoms with van der Waals surface area (Å²) in [5.74, 6) is -4.04. The number of hydrogen-bond acceptors (Lipinski definition) is 3. The third-order valence-electron chi connectivity index (χ3n) is 2.07. The number of halogens is 3. The van der Waals surface area contributed by atoms with Crippen molar-refractivity contribution in [3.8, 4) is 0 Å². The van der Waals surface area contributed by atoms with Gasteiger partial charge in [-0.3, -0.25) is 4.98 Å². The molecule has 1 heterocycles. The van der Waals surface area contributed by atoms with Crippen LogP contribution >= 0.6 is 0 Å². The van der Waals surface area contributed by atoms with Gasteiger partial charge in [0.2, 0.25) is 0 Å². The maximum absolute atomic E-state index is 13.3. The molecule has 0 radical (unpaired) electrons. The molecule has 0 spiro atoms. The molecule has 1 aromatic heterocycles. The van der Waals surface area contributed by atoms with E-state index >= 15 is 0 Å². The lowest BCUT2D eigenvalue weighted by atomic mass is 10.2. The minimum atomic E-state index is -1.52. The highest BCUT2D eigenvalue weighted by molar-refractivity contribution is 5.62. The summed E-state index contributed by atoms with van der Waals surface area (Å²) >= 11 is 0. The molecule has 3 N–H and O–H groups in total. The monoisotopic (exact) mass is 239 g/mol. The molecule has 1 aromatic carbocycles. The van der Waals surface area contributed by atoms with Crippen LogP contribution in [0.5, 0.6) is 0 Å². The van der Waals surface area contributed by atoms with Crippen LogP contribution in [0.1, 0.15) is 0 Å². The molecule has 6 heteroatoms. The fourth-order valence-corrected chi connectivity index (χ4v) is 1.30. The molecule has 2 rings (SSSR count). The van der Waals surface area contributed by atoms with Crippen LogP contribution in [0.2, 0.25) is 0 Å². The van der Waals surface area contributed by atoms with Crippen molar-refractivity contribution in [3.05, 3.63) is 48.0 Å². The van der Waals surface area contributed by atoms with Crippen molar-refractivity contribution in [3.63, 3.8) is 0 Å². The second kappa shape index (κ2) is 4.32. The van der Waals surface area contributed by atoms with Gasteiger partial charge in [-0.1, -0.05) is 0 Å². The average Bonchev–Trinajstić information content (AvgIpc) is 2.30. The van der Waals surface area contributed by atoms with Crippen LogP contribution < -0.4 is 11.1 Å². The van der Waals surface area contributed by atoms with Gasteiger partial charge in [0.1, 0.15) is 0 Å². The number of nitrogens with one attached hydrogen (secondary N) is 1. The number of nitrogens with zero attached hydrogens (tertiary/aromatic N) is 1. The largest absolute Gasteiger partial charge is 0.397 e. The number of nitrogens with two attached hydrogens (primary N) is 1. The molecule has 0 aliphatic heterocycles. The van der Waals surface area contributed by atoms with Gasteiger partial charge < -0.3 is 11.1 Å². The number of benzene rings is 1. The van der Waals surface area contributed by atoms with Crippen molar-refractivity contribution in [1.82, 2.24) is 4.98 Å². The average molecular weight is 239 g/mol. The third kappa shape index (κ3) is 2.30. The van der Waals surface area contributed by atoms with E-state index in [9.17, 15) is 13.2 Å². The van der Waals surface area contributed by atoms with Crippen molar-refractivity contribution in [2.75, 3.05) is 11.1 Å². The van der Waals surface area contributed by atoms with Gasteiger partial charge in [0.25, 0.3) is 0 Å². The highest BCUT2D eigenvalue weighted by Crippen LogP contribution is 2.23. The van der Waals surface area contributed by atoms with E-state index in [-0.39, 0.29) is 5.69 Å². The second-order valence-electron chi connectivity index (χ2n) is 3.35. The molecule has 0 aliphatic rings. The van der Waals surface area contributed by atoms with Crippen LogP contribution in [-0.2, 0) is 0 Å². The lowest BCUT2D eigenvalue weighted by Gasteiger charge is -2.08. The number of hydrogen-bond donors (Lipinski definition) is 2. The Kier molecular flexibility index (Phi) is 2.86. The first kappa shape index (κ1) is 11.3. The molecule has 0 saturated carbocycles. The molecule has 0 atom stereocenters. The minimum absolute atomic E-state index is 0.184. The van der Waals surface area contributed by atoms with Crippen LogP contribution in [-0.4, -0.2) is 4.98 Å². The number of aromatic nitrogens is 1. The molecule has 0 amide bonds. The molecular formula is C11H8F3N3. The normalized spacial score (nSPS) is 10.3. The van der Waals surface area contributed by atoms with Crippen LogP contribution in [0.25, 0.3) is 0 Å². The van der Waals surface area contributed by atoms with Gasteiger partial charge in [0.15, 0.2) is 17.5 Å². The topological polar surface area (TPSA) is 50.9 Å². The van der Waals surface area contributed by atoms with Crippen LogP contribution in [0.15, 0.2) is 30.6 Å². The molecule has 0 unspecified atom stereocenters. The van der Waals surface area contributed by atoms with E-state index in [0.717, 1.165) is 12.1 Å². The second-order valence-corrected chi connectivity index (χ2v) is 3.35. The van der Waals surface area contributed by atoms with Crippen molar-refractivity contribution in [2.45, 2.75) is 0 Å². The van der Waals surface area contributed by atoms with E-state index in [0.29, 0.717) is 11.4 Å². The smallest absolute Gasteiger partial charge is 0.196 e. The van der Waals surface area contributed by atoms with Gasteiger partial charge in [-0.2, -0.15) is 0 Å².